The summed E-state index contributed by atoms with van der Waals surface area (Å²) in [7, 11) is 0. The topological polar surface area (TPSA) is 77.2 Å². The van der Waals surface area contributed by atoms with Gasteiger partial charge in [0.05, 0.1) is 12.5 Å². The normalized spacial score (nSPS) is 17.9. The number of nitrogens with one attached hydrogen (secondary N) is 1. The first kappa shape index (κ1) is 13.7. The third-order valence-electron chi connectivity index (χ3n) is 3.28. The summed E-state index contributed by atoms with van der Waals surface area (Å²) in [5, 5.41) is 10.3. The number of rotatable bonds is 4. The van der Waals surface area contributed by atoms with Gasteiger partial charge in [0.1, 0.15) is 5.82 Å². The molecule has 3 rings (SSSR count). The van der Waals surface area contributed by atoms with Crippen LogP contribution in [0.3, 0.4) is 0 Å². The van der Waals surface area contributed by atoms with E-state index in [-0.39, 0.29) is 24.2 Å². The minimum Gasteiger partial charge on any atom is -0.417 e. The summed E-state index contributed by atoms with van der Waals surface area (Å²) in [5.74, 6) is -0.336. The molecule has 21 heavy (non-hydrogen) atoms. The predicted molar refractivity (Wildman–Crippen MR) is 70.0 cm³/mol. The van der Waals surface area contributed by atoms with Crippen molar-refractivity contribution in [3.05, 3.63) is 47.4 Å². The number of amides is 1. The molecule has 1 saturated heterocycles. The van der Waals surface area contributed by atoms with Crippen LogP contribution in [0.1, 0.15) is 34.5 Å². The second-order valence-corrected chi connectivity index (χ2v) is 4.82. The lowest BCUT2D eigenvalue weighted by atomic mass is 10.1. The maximum absolute atomic E-state index is 12.8. The fourth-order valence-corrected chi connectivity index (χ4v) is 2.08. The van der Waals surface area contributed by atoms with E-state index in [4.69, 9.17) is 9.15 Å². The van der Waals surface area contributed by atoms with Crippen molar-refractivity contribution in [1.29, 1.82) is 0 Å². The number of halogens is 1. The van der Waals surface area contributed by atoms with Crippen molar-refractivity contribution in [3.8, 4) is 0 Å². The molecule has 1 aliphatic rings. The highest BCUT2D eigenvalue weighted by Gasteiger charge is 2.25. The number of ether oxygens (including phenoxy) is 1. The van der Waals surface area contributed by atoms with Gasteiger partial charge in [0, 0.05) is 13.2 Å². The fraction of sp³-hybridized carbons (Fsp3) is 0.357. The summed E-state index contributed by atoms with van der Waals surface area (Å²) >= 11 is 0. The number of aromatic nitrogens is 2. The average Bonchev–Trinajstić information content (AvgIpc) is 3.17. The molecule has 0 radical (unpaired) electrons. The molecule has 0 aliphatic carbocycles. The molecule has 1 fully saturated rings. The summed E-state index contributed by atoms with van der Waals surface area (Å²) in [5.41, 5.74) is 0.786. The fourth-order valence-electron chi connectivity index (χ4n) is 2.08. The zero-order valence-electron chi connectivity index (χ0n) is 11.2. The van der Waals surface area contributed by atoms with Crippen molar-refractivity contribution >= 4 is 5.91 Å². The molecule has 1 aliphatic heterocycles. The second kappa shape index (κ2) is 6.01. The number of carbonyl (C=O) groups is 1. The van der Waals surface area contributed by atoms with E-state index < -0.39 is 5.91 Å². The molecule has 2 aromatic rings. The second-order valence-electron chi connectivity index (χ2n) is 4.82. The Morgan fingerprint density at radius 3 is 2.86 bits per heavy atom. The highest BCUT2D eigenvalue weighted by Crippen LogP contribution is 2.23. The van der Waals surface area contributed by atoms with Gasteiger partial charge in [-0.25, -0.2) is 4.39 Å². The van der Waals surface area contributed by atoms with Crippen LogP contribution >= 0.6 is 0 Å². The van der Waals surface area contributed by atoms with Crippen molar-refractivity contribution in [3.63, 3.8) is 0 Å². The van der Waals surface area contributed by atoms with Crippen molar-refractivity contribution in [2.45, 2.75) is 18.9 Å². The Balaban J connectivity index is 1.59. The van der Waals surface area contributed by atoms with Gasteiger partial charge in [-0.1, -0.05) is 12.1 Å². The summed E-state index contributed by atoms with van der Waals surface area (Å²) in [4.78, 5) is 11.9. The Bertz CT molecular complexity index is 621. The smallest absolute Gasteiger partial charge is 0.309 e. The molecule has 1 N–H and O–H groups in total. The van der Waals surface area contributed by atoms with Crippen LogP contribution in [0.4, 0.5) is 4.39 Å². The molecular formula is C14H14FN3O3. The van der Waals surface area contributed by atoms with E-state index in [1.165, 1.54) is 12.1 Å². The van der Waals surface area contributed by atoms with Gasteiger partial charge in [-0.2, -0.15) is 0 Å². The van der Waals surface area contributed by atoms with E-state index in [0.29, 0.717) is 19.1 Å². The Labute approximate surface area is 120 Å². The first-order valence-electron chi connectivity index (χ1n) is 6.66. The maximum atomic E-state index is 12.8. The maximum Gasteiger partial charge on any atom is 0.309 e. The molecule has 1 amide bonds. The Morgan fingerprint density at radius 2 is 2.14 bits per heavy atom. The lowest BCUT2D eigenvalue weighted by Gasteiger charge is -2.02. The number of nitrogens with zero attached hydrogens (tertiary/aromatic N) is 2. The van der Waals surface area contributed by atoms with E-state index in [9.17, 15) is 9.18 Å². The van der Waals surface area contributed by atoms with E-state index in [1.54, 1.807) is 12.1 Å². The highest BCUT2D eigenvalue weighted by atomic mass is 19.1. The third kappa shape index (κ3) is 3.25. The molecular weight excluding hydrogens is 277 g/mol. The number of hydrogen-bond acceptors (Lipinski definition) is 5. The molecule has 1 aromatic heterocycles. The average molecular weight is 291 g/mol. The molecule has 0 bridgehead atoms. The van der Waals surface area contributed by atoms with Crippen LogP contribution in [0.2, 0.25) is 0 Å². The molecule has 1 aromatic carbocycles. The number of hydrogen-bond donors (Lipinski definition) is 1. The van der Waals surface area contributed by atoms with Crippen LogP contribution in [0, 0.1) is 5.82 Å². The molecule has 0 unspecified atom stereocenters. The standard InChI is InChI=1S/C14H14FN3O3/c15-11-3-1-9(2-4-11)7-16-12(19)14-18-17-13(21-14)10-5-6-20-8-10/h1-4,10H,5-8H2,(H,16,19)/t10-/m1/s1. The quantitative estimate of drug-likeness (QED) is 0.926. The van der Waals surface area contributed by atoms with Crippen LogP contribution < -0.4 is 5.32 Å². The summed E-state index contributed by atoms with van der Waals surface area (Å²) in [6.07, 6.45) is 0.818. The Hall–Kier alpha value is -2.28. The molecule has 110 valence electrons. The summed E-state index contributed by atoms with van der Waals surface area (Å²) in [6, 6.07) is 5.88. The molecule has 2 heterocycles. The van der Waals surface area contributed by atoms with E-state index in [1.807, 2.05) is 0 Å². The third-order valence-corrected chi connectivity index (χ3v) is 3.28. The molecule has 0 spiro atoms. The Kier molecular flexibility index (Phi) is 3.92. The first-order chi connectivity index (χ1) is 10.2. The highest BCUT2D eigenvalue weighted by molar-refractivity contribution is 5.89. The molecule has 7 heteroatoms. The van der Waals surface area contributed by atoms with Gasteiger partial charge in [-0.05, 0) is 24.1 Å². The van der Waals surface area contributed by atoms with Crippen LogP contribution in [-0.4, -0.2) is 29.3 Å². The zero-order valence-corrected chi connectivity index (χ0v) is 11.2. The zero-order chi connectivity index (χ0) is 14.7. The lowest BCUT2D eigenvalue weighted by Crippen LogP contribution is -2.23. The number of benzene rings is 1. The van der Waals surface area contributed by atoms with E-state index in [2.05, 4.69) is 15.5 Å². The van der Waals surface area contributed by atoms with Gasteiger partial charge in [0.15, 0.2) is 0 Å². The minimum atomic E-state index is -0.447. The predicted octanol–water partition coefficient (Wildman–Crippen LogP) is 1.64. The van der Waals surface area contributed by atoms with E-state index in [0.717, 1.165) is 12.0 Å². The SMILES string of the molecule is O=C(NCc1ccc(F)cc1)c1nnc([C@@H]2CCOC2)o1. The van der Waals surface area contributed by atoms with Crippen LogP contribution in [0.25, 0.3) is 0 Å². The summed E-state index contributed by atoms with van der Waals surface area (Å²) < 4.78 is 23.4. The van der Waals surface area contributed by atoms with Crippen LogP contribution in [-0.2, 0) is 11.3 Å². The van der Waals surface area contributed by atoms with Crippen LogP contribution in [0.5, 0.6) is 0 Å². The monoisotopic (exact) mass is 291 g/mol. The minimum absolute atomic E-state index is 0.0659. The van der Waals surface area contributed by atoms with Gasteiger partial charge in [0.2, 0.25) is 5.89 Å². The number of carbonyl (C=O) groups excluding carboxylic acids is 1. The van der Waals surface area contributed by atoms with E-state index >= 15 is 0 Å². The first-order valence-corrected chi connectivity index (χ1v) is 6.66. The van der Waals surface area contributed by atoms with Gasteiger partial charge in [-0.15, -0.1) is 10.2 Å². The van der Waals surface area contributed by atoms with Gasteiger partial charge in [0.25, 0.3) is 0 Å². The lowest BCUT2D eigenvalue weighted by molar-refractivity contribution is 0.0913. The van der Waals surface area contributed by atoms with Crippen molar-refractivity contribution in [2.24, 2.45) is 0 Å². The molecule has 1 atom stereocenters. The van der Waals surface area contributed by atoms with Crippen molar-refractivity contribution in [1.82, 2.24) is 15.5 Å². The molecule has 6 nitrogen and oxygen atoms in total. The molecule has 0 saturated carbocycles. The van der Waals surface area contributed by atoms with Gasteiger partial charge in [-0.3, -0.25) is 4.79 Å². The van der Waals surface area contributed by atoms with Crippen molar-refractivity contribution in [2.75, 3.05) is 13.2 Å². The van der Waals surface area contributed by atoms with Gasteiger partial charge < -0.3 is 14.5 Å². The van der Waals surface area contributed by atoms with Crippen molar-refractivity contribution < 1.29 is 18.3 Å². The Morgan fingerprint density at radius 1 is 1.33 bits per heavy atom. The van der Waals surface area contributed by atoms with Gasteiger partial charge >= 0.3 is 11.8 Å². The largest absolute Gasteiger partial charge is 0.417 e. The summed E-state index contributed by atoms with van der Waals surface area (Å²) in [6.45, 7) is 1.47. The van der Waals surface area contributed by atoms with Crippen LogP contribution in [0.15, 0.2) is 28.7 Å².